The van der Waals surface area contributed by atoms with Crippen LogP contribution in [0.15, 0.2) is 24.7 Å². The summed E-state index contributed by atoms with van der Waals surface area (Å²) >= 11 is 0. The Labute approximate surface area is 99.8 Å². The fourth-order valence-electron chi connectivity index (χ4n) is 1.38. The van der Waals surface area contributed by atoms with E-state index in [9.17, 15) is 18.9 Å². The van der Waals surface area contributed by atoms with Gasteiger partial charge in [-0.25, -0.2) is 9.37 Å². The Balaban J connectivity index is 2.22. The van der Waals surface area contributed by atoms with Crippen molar-refractivity contribution in [3.05, 3.63) is 52.1 Å². The predicted molar refractivity (Wildman–Crippen MR) is 58.9 cm³/mol. The van der Waals surface area contributed by atoms with Gasteiger partial charge in [-0.15, -0.1) is 0 Å². The largest absolute Gasteiger partial charge is 0.377 e. The average Bonchev–Trinajstić information content (AvgIpc) is 2.80. The molecule has 0 fully saturated rings. The van der Waals surface area contributed by atoms with Crippen molar-refractivity contribution in [2.45, 2.75) is 6.54 Å². The molecule has 18 heavy (non-hydrogen) atoms. The lowest BCUT2D eigenvalue weighted by Gasteiger charge is -2.06. The summed E-state index contributed by atoms with van der Waals surface area (Å²) < 4.78 is 26.4. The number of nitrogens with one attached hydrogen (secondary N) is 2. The molecule has 0 saturated carbocycles. The highest BCUT2D eigenvalue weighted by Crippen LogP contribution is 2.25. The Bertz CT molecular complexity index is 572. The molecule has 8 heteroatoms. The van der Waals surface area contributed by atoms with E-state index >= 15 is 0 Å². The minimum absolute atomic E-state index is 0.141. The van der Waals surface area contributed by atoms with Crippen LogP contribution in [-0.2, 0) is 6.54 Å². The first-order chi connectivity index (χ1) is 8.58. The highest BCUT2D eigenvalue weighted by molar-refractivity contribution is 5.53. The van der Waals surface area contributed by atoms with Crippen LogP contribution in [0.2, 0.25) is 0 Å². The molecular weight excluding hydrogens is 246 g/mol. The topological polar surface area (TPSA) is 83.8 Å². The third-order valence-electron chi connectivity index (χ3n) is 2.26. The van der Waals surface area contributed by atoms with Crippen LogP contribution in [0, 0.1) is 21.7 Å². The highest BCUT2D eigenvalue weighted by atomic mass is 19.1. The van der Waals surface area contributed by atoms with Gasteiger partial charge in [0.05, 0.1) is 29.2 Å². The first-order valence-corrected chi connectivity index (χ1v) is 4.92. The molecule has 0 aliphatic heterocycles. The molecule has 2 N–H and O–H groups in total. The molecule has 1 aromatic heterocycles. The van der Waals surface area contributed by atoms with Crippen molar-refractivity contribution in [2.24, 2.45) is 0 Å². The molecule has 94 valence electrons. The van der Waals surface area contributed by atoms with Gasteiger partial charge in [0.15, 0.2) is 0 Å². The van der Waals surface area contributed by atoms with Crippen LogP contribution in [0.25, 0.3) is 0 Å². The van der Waals surface area contributed by atoms with E-state index in [2.05, 4.69) is 15.3 Å². The molecule has 0 bridgehead atoms. The Kier molecular flexibility index (Phi) is 3.18. The van der Waals surface area contributed by atoms with Crippen LogP contribution in [0.4, 0.5) is 20.2 Å². The molecule has 0 aliphatic carbocycles. The van der Waals surface area contributed by atoms with Crippen LogP contribution in [0.1, 0.15) is 5.69 Å². The molecule has 0 radical (unpaired) electrons. The molecular formula is C10H8F2N4O2. The normalized spacial score (nSPS) is 10.3. The van der Waals surface area contributed by atoms with Crippen molar-refractivity contribution in [1.29, 1.82) is 0 Å². The second-order valence-corrected chi connectivity index (χ2v) is 3.47. The van der Waals surface area contributed by atoms with E-state index in [1.807, 2.05) is 0 Å². The molecule has 0 aliphatic rings. The van der Waals surface area contributed by atoms with E-state index in [0.717, 1.165) is 6.07 Å². The standard InChI is InChI=1S/C10H8F2N4O2/c11-7-1-8(12)10(16(17)18)2-9(7)14-4-6-3-13-5-15-6/h1-3,5,14H,4H2,(H,13,15). The zero-order valence-corrected chi connectivity index (χ0v) is 8.98. The van der Waals surface area contributed by atoms with Gasteiger partial charge >= 0.3 is 5.69 Å². The van der Waals surface area contributed by atoms with Gasteiger partial charge in [0, 0.05) is 18.3 Å². The number of anilines is 1. The molecule has 0 amide bonds. The van der Waals surface area contributed by atoms with Crippen molar-refractivity contribution >= 4 is 11.4 Å². The number of benzene rings is 1. The van der Waals surface area contributed by atoms with Crippen LogP contribution in [0.5, 0.6) is 0 Å². The van der Waals surface area contributed by atoms with Gasteiger partial charge in [-0.05, 0) is 0 Å². The maximum absolute atomic E-state index is 13.4. The molecule has 0 atom stereocenters. The van der Waals surface area contributed by atoms with Gasteiger partial charge in [-0.1, -0.05) is 0 Å². The van der Waals surface area contributed by atoms with Gasteiger partial charge in [0.25, 0.3) is 0 Å². The third-order valence-corrected chi connectivity index (χ3v) is 2.26. The first kappa shape index (κ1) is 12.0. The smallest absolute Gasteiger partial charge is 0.307 e. The fourth-order valence-corrected chi connectivity index (χ4v) is 1.38. The number of nitro groups is 1. The number of aromatic nitrogens is 2. The third kappa shape index (κ3) is 2.42. The summed E-state index contributed by atoms with van der Waals surface area (Å²) in [7, 11) is 0. The average molecular weight is 254 g/mol. The molecule has 1 aromatic carbocycles. The number of aromatic amines is 1. The number of halogens is 2. The molecule has 2 rings (SSSR count). The quantitative estimate of drug-likeness (QED) is 0.647. The van der Waals surface area contributed by atoms with Crippen molar-refractivity contribution in [3.8, 4) is 0 Å². The Morgan fingerprint density at radius 2 is 2.17 bits per heavy atom. The van der Waals surface area contributed by atoms with Crippen molar-refractivity contribution < 1.29 is 13.7 Å². The SMILES string of the molecule is O=[N+]([O-])c1cc(NCc2cnc[nH]2)c(F)cc1F. The predicted octanol–water partition coefficient (Wildman–Crippen LogP) is 2.21. The van der Waals surface area contributed by atoms with Crippen LogP contribution >= 0.6 is 0 Å². The Hall–Kier alpha value is -2.51. The lowest BCUT2D eigenvalue weighted by molar-refractivity contribution is -0.387. The summed E-state index contributed by atoms with van der Waals surface area (Å²) in [5.74, 6) is -2.10. The highest BCUT2D eigenvalue weighted by Gasteiger charge is 2.18. The molecule has 0 unspecified atom stereocenters. The maximum atomic E-state index is 13.4. The number of H-pyrrole nitrogens is 1. The van der Waals surface area contributed by atoms with E-state index in [4.69, 9.17) is 0 Å². The summed E-state index contributed by atoms with van der Waals surface area (Å²) in [6.07, 6.45) is 2.96. The zero-order chi connectivity index (χ0) is 13.1. The summed E-state index contributed by atoms with van der Waals surface area (Å²) in [6, 6.07) is 1.30. The molecule has 2 aromatic rings. The number of hydrogen-bond acceptors (Lipinski definition) is 4. The van der Waals surface area contributed by atoms with Crippen molar-refractivity contribution in [3.63, 3.8) is 0 Å². The van der Waals surface area contributed by atoms with E-state index < -0.39 is 22.2 Å². The van der Waals surface area contributed by atoms with E-state index in [-0.39, 0.29) is 12.2 Å². The second-order valence-electron chi connectivity index (χ2n) is 3.47. The van der Waals surface area contributed by atoms with Gasteiger partial charge in [-0.2, -0.15) is 4.39 Å². The summed E-state index contributed by atoms with van der Waals surface area (Å²) in [5, 5.41) is 13.1. The number of nitro benzene ring substituents is 1. The lowest BCUT2D eigenvalue weighted by atomic mass is 10.2. The first-order valence-electron chi connectivity index (χ1n) is 4.92. The summed E-state index contributed by atoms with van der Waals surface area (Å²) in [4.78, 5) is 16.1. The number of nitrogens with zero attached hydrogens (tertiary/aromatic N) is 2. The van der Waals surface area contributed by atoms with Gasteiger partial charge in [-0.3, -0.25) is 10.1 Å². The lowest BCUT2D eigenvalue weighted by Crippen LogP contribution is -2.04. The monoisotopic (exact) mass is 254 g/mol. The fraction of sp³-hybridized carbons (Fsp3) is 0.100. The number of imidazole rings is 1. The zero-order valence-electron chi connectivity index (χ0n) is 8.98. The van der Waals surface area contributed by atoms with Crippen LogP contribution < -0.4 is 5.32 Å². The Morgan fingerprint density at radius 3 is 2.78 bits per heavy atom. The van der Waals surface area contributed by atoms with Crippen molar-refractivity contribution in [2.75, 3.05) is 5.32 Å². The number of hydrogen-bond donors (Lipinski definition) is 2. The van der Waals surface area contributed by atoms with Gasteiger partial charge < -0.3 is 10.3 Å². The maximum Gasteiger partial charge on any atom is 0.307 e. The van der Waals surface area contributed by atoms with Crippen LogP contribution in [0.3, 0.4) is 0 Å². The second kappa shape index (κ2) is 4.78. The van der Waals surface area contributed by atoms with E-state index in [1.54, 1.807) is 0 Å². The minimum Gasteiger partial charge on any atom is -0.377 e. The number of rotatable bonds is 4. The summed E-state index contributed by atoms with van der Waals surface area (Å²) in [6.45, 7) is 0.194. The summed E-state index contributed by atoms with van der Waals surface area (Å²) in [5.41, 5.74) is -0.248. The van der Waals surface area contributed by atoms with Gasteiger partial charge in [0.1, 0.15) is 5.82 Å². The van der Waals surface area contributed by atoms with Gasteiger partial charge in [0.2, 0.25) is 5.82 Å². The molecule has 1 heterocycles. The molecule has 0 spiro atoms. The van der Waals surface area contributed by atoms with E-state index in [0.29, 0.717) is 11.8 Å². The Morgan fingerprint density at radius 1 is 1.39 bits per heavy atom. The molecule has 0 saturated heterocycles. The minimum atomic E-state index is -1.20. The van der Waals surface area contributed by atoms with E-state index in [1.165, 1.54) is 12.5 Å². The molecule has 6 nitrogen and oxygen atoms in total. The van der Waals surface area contributed by atoms with Crippen LogP contribution in [-0.4, -0.2) is 14.9 Å². The van der Waals surface area contributed by atoms with Crippen molar-refractivity contribution in [1.82, 2.24) is 9.97 Å².